The van der Waals surface area contributed by atoms with E-state index in [1.807, 2.05) is 6.92 Å². The number of rotatable bonds is 7. The molecule has 0 aliphatic heterocycles. The molecule has 1 amide bonds. The first-order valence-corrected chi connectivity index (χ1v) is 5.97. The number of amides is 1. The highest BCUT2D eigenvalue weighted by Gasteiger charge is 2.07. The summed E-state index contributed by atoms with van der Waals surface area (Å²) in [6.07, 6.45) is 0.388. The van der Waals surface area contributed by atoms with Crippen LogP contribution in [0.15, 0.2) is 18.2 Å². The molecule has 0 aliphatic rings. The Balaban J connectivity index is 2.38. The first kappa shape index (κ1) is 14.4. The summed E-state index contributed by atoms with van der Waals surface area (Å²) in [5.41, 5.74) is 0.533. The van der Waals surface area contributed by atoms with Crippen molar-refractivity contribution in [1.29, 1.82) is 0 Å². The third-order valence-corrected chi connectivity index (χ3v) is 2.48. The van der Waals surface area contributed by atoms with E-state index in [2.05, 4.69) is 10.6 Å². The normalized spacial score (nSPS) is 10.2. The van der Waals surface area contributed by atoms with Gasteiger partial charge < -0.3 is 15.4 Å². The number of hydrogen-bond donors (Lipinski definition) is 2. The maximum atomic E-state index is 13.7. The summed E-state index contributed by atoms with van der Waals surface area (Å²) in [6.45, 7) is 3.39. The zero-order valence-electron chi connectivity index (χ0n) is 10.8. The number of carbonyl (C=O) groups excluding carboxylic acids is 1. The topological polar surface area (TPSA) is 50.4 Å². The molecule has 100 valence electrons. The van der Waals surface area contributed by atoms with Crippen LogP contribution in [0.3, 0.4) is 0 Å². The Labute approximate surface area is 107 Å². The van der Waals surface area contributed by atoms with Crippen LogP contribution in [0, 0.1) is 5.82 Å². The Hall–Kier alpha value is -1.62. The van der Waals surface area contributed by atoms with Crippen LogP contribution in [0.4, 0.5) is 4.39 Å². The Morgan fingerprint density at radius 1 is 1.44 bits per heavy atom. The van der Waals surface area contributed by atoms with Gasteiger partial charge in [0.2, 0.25) is 5.91 Å². The predicted octanol–water partition coefficient (Wildman–Crippen LogP) is 1.45. The highest BCUT2D eigenvalue weighted by molar-refractivity contribution is 5.75. The predicted molar refractivity (Wildman–Crippen MR) is 68.0 cm³/mol. The summed E-state index contributed by atoms with van der Waals surface area (Å²) in [7, 11) is 1.44. The molecule has 1 aromatic carbocycles. The van der Waals surface area contributed by atoms with Gasteiger partial charge in [0.05, 0.1) is 7.11 Å². The number of benzene rings is 1. The quantitative estimate of drug-likeness (QED) is 0.724. The Kier molecular flexibility index (Phi) is 6.14. The van der Waals surface area contributed by atoms with Crippen LogP contribution in [-0.2, 0) is 11.3 Å². The van der Waals surface area contributed by atoms with E-state index in [4.69, 9.17) is 4.74 Å². The fraction of sp³-hybridized carbons (Fsp3) is 0.462. The third kappa shape index (κ3) is 4.33. The minimum absolute atomic E-state index is 0.00360. The van der Waals surface area contributed by atoms with Gasteiger partial charge in [0.25, 0.3) is 0 Å². The average Bonchev–Trinajstić information content (AvgIpc) is 2.36. The van der Waals surface area contributed by atoms with E-state index in [1.54, 1.807) is 18.2 Å². The Morgan fingerprint density at radius 3 is 2.89 bits per heavy atom. The molecule has 1 rings (SSSR count). The van der Waals surface area contributed by atoms with Gasteiger partial charge in [-0.3, -0.25) is 4.79 Å². The van der Waals surface area contributed by atoms with Gasteiger partial charge >= 0.3 is 0 Å². The van der Waals surface area contributed by atoms with E-state index in [1.165, 1.54) is 7.11 Å². The monoisotopic (exact) mass is 254 g/mol. The molecule has 0 aliphatic carbocycles. The summed E-state index contributed by atoms with van der Waals surface area (Å²) in [5.74, 6) is -0.125. The van der Waals surface area contributed by atoms with Crippen LogP contribution in [0.25, 0.3) is 0 Å². The fourth-order valence-electron chi connectivity index (χ4n) is 1.56. The molecule has 0 atom stereocenters. The van der Waals surface area contributed by atoms with Crippen LogP contribution in [0.2, 0.25) is 0 Å². The zero-order chi connectivity index (χ0) is 13.4. The minimum Gasteiger partial charge on any atom is -0.494 e. The summed E-state index contributed by atoms with van der Waals surface area (Å²) < 4.78 is 18.6. The number of nitrogens with one attached hydrogen (secondary N) is 2. The zero-order valence-corrected chi connectivity index (χ0v) is 10.8. The summed E-state index contributed by atoms with van der Waals surface area (Å²) >= 11 is 0. The molecular formula is C13H19FN2O2. The summed E-state index contributed by atoms with van der Waals surface area (Å²) in [5, 5.41) is 5.73. The van der Waals surface area contributed by atoms with Gasteiger partial charge in [0.1, 0.15) is 0 Å². The van der Waals surface area contributed by atoms with Gasteiger partial charge in [-0.15, -0.1) is 0 Å². The van der Waals surface area contributed by atoms with Gasteiger partial charge in [-0.25, -0.2) is 4.39 Å². The molecule has 0 fully saturated rings. The molecule has 0 spiro atoms. The molecule has 2 N–H and O–H groups in total. The minimum atomic E-state index is -0.356. The SMILES string of the molecule is CCNC(=O)CCNCc1cccc(OC)c1F. The van der Waals surface area contributed by atoms with E-state index in [0.29, 0.717) is 31.6 Å². The maximum Gasteiger partial charge on any atom is 0.221 e. The molecule has 0 bridgehead atoms. The molecule has 5 heteroatoms. The van der Waals surface area contributed by atoms with Crippen molar-refractivity contribution in [1.82, 2.24) is 10.6 Å². The second kappa shape index (κ2) is 7.66. The molecular weight excluding hydrogens is 235 g/mol. The van der Waals surface area contributed by atoms with Gasteiger partial charge in [-0.1, -0.05) is 12.1 Å². The van der Waals surface area contributed by atoms with E-state index < -0.39 is 0 Å². The lowest BCUT2D eigenvalue weighted by Crippen LogP contribution is -2.27. The number of hydrogen-bond acceptors (Lipinski definition) is 3. The first-order chi connectivity index (χ1) is 8.69. The molecule has 0 heterocycles. The number of carbonyl (C=O) groups is 1. The molecule has 18 heavy (non-hydrogen) atoms. The van der Waals surface area contributed by atoms with Crippen molar-refractivity contribution in [2.45, 2.75) is 19.9 Å². The van der Waals surface area contributed by atoms with E-state index >= 15 is 0 Å². The van der Waals surface area contributed by atoms with Crippen LogP contribution in [0.5, 0.6) is 5.75 Å². The molecule has 0 saturated carbocycles. The largest absolute Gasteiger partial charge is 0.494 e. The van der Waals surface area contributed by atoms with Crippen LogP contribution in [-0.4, -0.2) is 26.1 Å². The summed E-state index contributed by atoms with van der Waals surface area (Å²) in [6, 6.07) is 5.01. The number of methoxy groups -OCH3 is 1. The van der Waals surface area contributed by atoms with Gasteiger partial charge in [0, 0.05) is 31.6 Å². The third-order valence-electron chi connectivity index (χ3n) is 2.48. The van der Waals surface area contributed by atoms with Crippen molar-refractivity contribution in [3.05, 3.63) is 29.6 Å². The fourth-order valence-corrected chi connectivity index (χ4v) is 1.56. The Morgan fingerprint density at radius 2 is 2.22 bits per heavy atom. The standard InChI is InChI=1S/C13H19FN2O2/c1-3-16-12(17)7-8-15-9-10-5-4-6-11(18-2)13(10)14/h4-6,15H,3,7-9H2,1-2H3,(H,16,17). The molecule has 0 aromatic heterocycles. The van der Waals surface area contributed by atoms with Crippen LogP contribution >= 0.6 is 0 Å². The molecule has 4 nitrogen and oxygen atoms in total. The van der Waals surface area contributed by atoms with Crippen molar-refractivity contribution in [3.8, 4) is 5.75 Å². The van der Waals surface area contributed by atoms with E-state index in [9.17, 15) is 9.18 Å². The Bertz CT molecular complexity index is 397. The highest BCUT2D eigenvalue weighted by Crippen LogP contribution is 2.19. The van der Waals surface area contributed by atoms with Crippen molar-refractivity contribution in [2.75, 3.05) is 20.2 Å². The second-order valence-corrected chi connectivity index (χ2v) is 3.81. The molecule has 1 aromatic rings. The van der Waals surface area contributed by atoms with Crippen molar-refractivity contribution in [2.24, 2.45) is 0 Å². The average molecular weight is 254 g/mol. The van der Waals surface area contributed by atoms with Crippen molar-refractivity contribution >= 4 is 5.91 Å². The van der Waals surface area contributed by atoms with E-state index in [-0.39, 0.29) is 17.5 Å². The molecule has 0 radical (unpaired) electrons. The molecule has 0 saturated heterocycles. The van der Waals surface area contributed by atoms with Crippen LogP contribution in [0.1, 0.15) is 18.9 Å². The lowest BCUT2D eigenvalue weighted by molar-refractivity contribution is -0.120. The van der Waals surface area contributed by atoms with Crippen molar-refractivity contribution in [3.63, 3.8) is 0 Å². The highest BCUT2D eigenvalue weighted by atomic mass is 19.1. The van der Waals surface area contributed by atoms with Crippen LogP contribution < -0.4 is 15.4 Å². The number of halogens is 1. The second-order valence-electron chi connectivity index (χ2n) is 3.81. The van der Waals surface area contributed by atoms with Gasteiger partial charge in [-0.05, 0) is 13.0 Å². The summed E-state index contributed by atoms with van der Waals surface area (Å²) in [4.78, 5) is 11.2. The van der Waals surface area contributed by atoms with Gasteiger partial charge in [-0.2, -0.15) is 0 Å². The van der Waals surface area contributed by atoms with Gasteiger partial charge in [0.15, 0.2) is 11.6 Å². The lowest BCUT2D eigenvalue weighted by atomic mass is 10.2. The maximum absolute atomic E-state index is 13.7. The van der Waals surface area contributed by atoms with Crippen molar-refractivity contribution < 1.29 is 13.9 Å². The van der Waals surface area contributed by atoms with E-state index in [0.717, 1.165) is 0 Å². The smallest absolute Gasteiger partial charge is 0.221 e. The lowest BCUT2D eigenvalue weighted by Gasteiger charge is -2.08. The first-order valence-electron chi connectivity index (χ1n) is 5.97. The number of ether oxygens (including phenoxy) is 1. The molecule has 0 unspecified atom stereocenters.